The van der Waals surface area contributed by atoms with Gasteiger partial charge in [-0.2, -0.15) is 0 Å². The Hall–Kier alpha value is -0.0100. The maximum atomic E-state index is 10.5. The van der Waals surface area contributed by atoms with Crippen LogP contribution in [-0.4, -0.2) is 10.1 Å². The van der Waals surface area contributed by atoms with Crippen LogP contribution in [0.5, 0.6) is 0 Å². The molecular formula is C6H6Cl2O. The highest BCUT2D eigenvalue weighted by Gasteiger charge is 2.24. The van der Waals surface area contributed by atoms with E-state index in [9.17, 15) is 4.79 Å². The van der Waals surface area contributed by atoms with E-state index in [1.165, 1.54) is 12.2 Å². The highest BCUT2D eigenvalue weighted by atomic mass is 35.5. The second kappa shape index (κ2) is 2.31. The molecule has 1 aliphatic rings. The van der Waals surface area contributed by atoms with E-state index in [-0.39, 0.29) is 5.78 Å². The first-order valence-electron chi connectivity index (χ1n) is 2.70. The number of ketones is 1. The maximum absolute atomic E-state index is 10.5. The van der Waals surface area contributed by atoms with E-state index >= 15 is 0 Å². The Morgan fingerprint density at radius 1 is 1.56 bits per heavy atom. The van der Waals surface area contributed by atoms with Gasteiger partial charge in [0, 0.05) is 6.42 Å². The lowest BCUT2D eigenvalue weighted by Gasteiger charge is -2.16. The predicted molar refractivity (Wildman–Crippen MR) is 37.8 cm³/mol. The Morgan fingerprint density at radius 3 is 2.56 bits per heavy atom. The van der Waals surface area contributed by atoms with Crippen molar-refractivity contribution in [1.82, 2.24) is 0 Å². The molecule has 0 saturated heterocycles. The van der Waals surface area contributed by atoms with Crippen molar-refractivity contribution in [3.8, 4) is 0 Å². The second-order valence-electron chi connectivity index (χ2n) is 2.06. The SMILES string of the molecule is O=C1C=CC(Cl)(Cl)CC1. The zero-order valence-corrected chi connectivity index (χ0v) is 6.24. The molecule has 0 aromatic rings. The van der Waals surface area contributed by atoms with Crippen molar-refractivity contribution in [2.75, 3.05) is 0 Å². The molecule has 3 heteroatoms. The summed E-state index contributed by atoms with van der Waals surface area (Å²) in [5.74, 6) is 0.104. The number of hydrogen-bond donors (Lipinski definition) is 0. The van der Waals surface area contributed by atoms with Crippen molar-refractivity contribution in [2.45, 2.75) is 17.2 Å². The predicted octanol–water partition coefficient (Wildman–Crippen LogP) is 2.08. The van der Waals surface area contributed by atoms with Crippen molar-refractivity contribution in [3.05, 3.63) is 12.2 Å². The number of allylic oxidation sites excluding steroid dienone is 2. The van der Waals surface area contributed by atoms with Crippen molar-refractivity contribution in [3.63, 3.8) is 0 Å². The summed E-state index contributed by atoms with van der Waals surface area (Å²) in [7, 11) is 0. The number of rotatable bonds is 0. The molecule has 0 saturated carbocycles. The molecule has 0 unspecified atom stereocenters. The molecular weight excluding hydrogens is 159 g/mol. The Morgan fingerprint density at radius 2 is 2.22 bits per heavy atom. The number of halogens is 2. The molecule has 1 aliphatic carbocycles. The van der Waals surface area contributed by atoms with E-state index in [0.29, 0.717) is 12.8 Å². The molecule has 0 bridgehead atoms. The van der Waals surface area contributed by atoms with Crippen molar-refractivity contribution in [1.29, 1.82) is 0 Å². The zero-order chi connectivity index (χ0) is 6.91. The molecule has 0 aliphatic heterocycles. The Kier molecular flexibility index (Phi) is 1.83. The lowest BCUT2D eigenvalue weighted by molar-refractivity contribution is -0.115. The van der Waals surface area contributed by atoms with E-state index in [1.54, 1.807) is 0 Å². The molecule has 9 heavy (non-hydrogen) atoms. The fraction of sp³-hybridized carbons (Fsp3) is 0.500. The molecule has 0 aromatic heterocycles. The van der Waals surface area contributed by atoms with E-state index in [2.05, 4.69) is 0 Å². The number of carbonyl (C=O) groups excluding carboxylic acids is 1. The summed E-state index contributed by atoms with van der Waals surface area (Å²) in [6.45, 7) is 0. The summed E-state index contributed by atoms with van der Waals surface area (Å²) in [6, 6.07) is 0. The van der Waals surface area contributed by atoms with E-state index in [0.717, 1.165) is 0 Å². The van der Waals surface area contributed by atoms with Crippen LogP contribution in [0.4, 0.5) is 0 Å². The van der Waals surface area contributed by atoms with Gasteiger partial charge in [-0.3, -0.25) is 4.79 Å². The summed E-state index contributed by atoms with van der Waals surface area (Å²) < 4.78 is -0.798. The minimum atomic E-state index is -0.798. The van der Waals surface area contributed by atoms with Gasteiger partial charge in [-0.25, -0.2) is 0 Å². The van der Waals surface area contributed by atoms with Crippen LogP contribution in [0.3, 0.4) is 0 Å². The molecule has 0 atom stereocenters. The molecule has 0 heterocycles. The van der Waals surface area contributed by atoms with Gasteiger partial charge in [0.15, 0.2) is 5.78 Å². The van der Waals surface area contributed by atoms with Gasteiger partial charge in [-0.15, -0.1) is 0 Å². The van der Waals surface area contributed by atoms with E-state index in [1.807, 2.05) is 0 Å². The van der Waals surface area contributed by atoms with Gasteiger partial charge in [0.1, 0.15) is 4.33 Å². The van der Waals surface area contributed by atoms with Gasteiger partial charge in [-0.05, 0) is 18.6 Å². The van der Waals surface area contributed by atoms with Crippen LogP contribution in [0, 0.1) is 0 Å². The summed E-state index contributed by atoms with van der Waals surface area (Å²) in [5, 5.41) is 0. The highest BCUT2D eigenvalue weighted by Crippen LogP contribution is 2.31. The standard InChI is InChI=1S/C6H6Cl2O/c7-6(8)3-1-5(9)2-4-6/h1,3H,2,4H2. The highest BCUT2D eigenvalue weighted by molar-refractivity contribution is 6.50. The van der Waals surface area contributed by atoms with Gasteiger partial charge in [0.05, 0.1) is 0 Å². The Labute approximate surface area is 63.6 Å². The van der Waals surface area contributed by atoms with Crippen LogP contribution in [0.15, 0.2) is 12.2 Å². The first-order chi connectivity index (χ1) is 4.10. The van der Waals surface area contributed by atoms with Crippen molar-refractivity contribution in [2.24, 2.45) is 0 Å². The average molecular weight is 165 g/mol. The maximum Gasteiger partial charge on any atom is 0.155 e. The van der Waals surface area contributed by atoms with Crippen molar-refractivity contribution < 1.29 is 4.79 Å². The van der Waals surface area contributed by atoms with Crippen LogP contribution >= 0.6 is 23.2 Å². The quantitative estimate of drug-likeness (QED) is 0.502. The normalized spacial score (nSPS) is 24.4. The smallest absolute Gasteiger partial charge is 0.155 e. The summed E-state index contributed by atoms with van der Waals surface area (Å²) in [5.41, 5.74) is 0. The van der Waals surface area contributed by atoms with Crippen LogP contribution in [0.1, 0.15) is 12.8 Å². The minimum Gasteiger partial charge on any atom is -0.295 e. The minimum absolute atomic E-state index is 0.104. The van der Waals surface area contributed by atoms with Crippen LogP contribution in [-0.2, 0) is 4.79 Å². The zero-order valence-electron chi connectivity index (χ0n) is 4.73. The number of hydrogen-bond acceptors (Lipinski definition) is 1. The Bertz CT molecular complexity index is 160. The van der Waals surface area contributed by atoms with Crippen LogP contribution in [0.2, 0.25) is 0 Å². The third-order valence-corrected chi connectivity index (χ3v) is 1.85. The molecule has 50 valence electrons. The second-order valence-corrected chi connectivity index (χ2v) is 3.60. The third-order valence-electron chi connectivity index (χ3n) is 1.22. The van der Waals surface area contributed by atoms with Gasteiger partial charge in [0.2, 0.25) is 0 Å². The molecule has 1 nitrogen and oxygen atoms in total. The summed E-state index contributed by atoms with van der Waals surface area (Å²) in [6.07, 6.45) is 3.96. The van der Waals surface area contributed by atoms with Crippen LogP contribution in [0.25, 0.3) is 0 Å². The molecule has 1 rings (SSSR count). The average Bonchev–Trinajstić information content (AvgIpc) is 1.78. The molecule has 0 spiro atoms. The molecule has 0 N–H and O–H groups in total. The van der Waals surface area contributed by atoms with Gasteiger partial charge >= 0.3 is 0 Å². The molecule has 0 radical (unpaired) electrons. The van der Waals surface area contributed by atoms with Gasteiger partial charge in [-0.1, -0.05) is 23.2 Å². The molecule has 0 aromatic carbocycles. The van der Waals surface area contributed by atoms with Crippen LogP contribution < -0.4 is 0 Å². The monoisotopic (exact) mass is 164 g/mol. The lowest BCUT2D eigenvalue weighted by Crippen LogP contribution is -2.15. The van der Waals surface area contributed by atoms with Crippen molar-refractivity contribution >= 4 is 29.0 Å². The lowest BCUT2D eigenvalue weighted by atomic mass is 10.1. The molecule has 0 fully saturated rings. The van der Waals surface area contributed by atoms with Gasteiger partial charge in [0.25, 0.3) is 0 Å². The summed E-state index contributed by atoms with van der Waals surface area (Å²) >= 11 is 11.3. The number of carbonyl (C=O) groups is 1. The summed E-state index contributed by atoms with van der Waals surface area (Å²) in [4.78, 5) is 10.5. The van der Waals surface area contributed by atoms with E-state index < -0.39 is 4.33 Å². The topological polar surface area (TPSA) is 17.1 Å². The third kappa shape index (κ3) is 1.99. The first kappa shape index (κ1) is 7.10. The fourth-order valence-electron chi connectivity index (χ4n) is 0.671. The molecule has 0 amide bonds. The Balaban J connectivity index is 2.69. The number of alkyl halides is 2. The van der Waals surface area contributed by atoms with E-state index in [4.69, 9.17) is 23.2 Å². The largest absolute Gasteiger partial charge is 0.295 e. The first-order valence-corrected chi connectivity index (χ1v) is 3.46. The fourth-order valence-corrected chi connectivity index (χ4v) is 0.986. The van der Waals surface area contributed by atoms with Gasteiger partial charge < -0.3 is 0 Å².